The molecule has 0 saturated carbocycles. The van der Waals surface area contributed by atoms with E-state index in [4.69, 9.17) is 9.84 Å². The summed E-state index contributed by atoms with van der Waals surface area (Å²) in [6.07, 6.45) is 1.50. The Morgan fingerprint density at radius 2 is 2.00 bits per heavy atom. The molecule has 0 amide bonds. The van der Waals surface area contributed by atoms with Gasteiger partial charge >= 0.3 is 11.9 Å². The maximum atomic E-state index is 11.9. The lowest BCUT2D eigenvalue weighted by molar-refractivity contribution is -0.162. The summed E-state index contributed by atoms with van der Waals surface area (Å²) in [5.74, 6) is -1.44. The van der Waals surface area contributed by atoms with Crippen molar-refractivity contribution in [1.82, 2.24) is 4.90 Å². The molecular weight excluding hydrogens is 234 g/mol. The standard InChI is InChI=1S/C13H23NO4/c1-9(12(17)18-13(2,3)4)14-7-5-6-10(8-14)11(15)16/h9-10H,5-8H2,1-4H3,(H,15,16). The van der Waals surface area contributed by atoms with E-state index >= 15 is 0 Å². The lowest BCUT2D eigenvalue weighted by atomic mass is 9.97. The molecule has 0 aliphatic carbocycles. The molecule has 0 bridgehead atoms. The number of ether oxygens (including phenoxy) is 1. The summed E-state index contributed by atoms with van der Waals surface area (Å²) in [6.45, 7) is 8.44. The number of carboxylic acid groups (broad SMARTS) is 1. The summed E-state index contributed by atoms with van der Waals surface area (Å²) in [5, 5.41) is 9.02. The van der Waals surface area contributed by atoms with Crippen molar-refractivity contribution < 1.29 is 19.4 Å². The Balaban J connectivity index is 2.58. The van der Waals surface area contributed by atoms with Crippen molar-refractivity contribution >= 4 is 11.9 Å². The molecule has 2 atom stereocenters. The van der Waals surface area contributed by atoms with Gasteiger partial charge in [0.05, 0.1) is 5.92 Å². The first-order valence-corrected chi connectivity index (χ1v) is 6.40. The van der Waals surface area contributed by atoms with E-state index in [0.717, 1.165) is 13.0 Å². The van der Waals surface area contributed by atoms with E-state index in [2.05, 4.69) is 0 Å². The number of hydrogen-bond donors (Lipinski definition) is 1. The number of aliphatic carboxylic acids is 1. The Labute approximate surface area is 108 Å². The summed E-state index contributed by atoms with van der Waals surface area (Å²) in [7, 11) is 0. The largest absolute Gasteiger partial charge is 0.481 e. The average molecular weight is 257 g/mol. The van der Waals surface area contributed by atoms with E-state index in [9.17, 15) is 9.59 Å². The van der Waals surface area contributed by atoms with Gasteiger partial charge in [0.15, 0.2) is 0 Å². The van der Waals surface area contributed by atoms with Crippen LogP contribution < -0.4 is 0 Å². The Morgan fingerprint density at radius 3 is 2.50 bits per heavy atom. The third kappa shape index (κ3) is 4.29. The van der Waals surface area contributed by atoms with Gasteiger partial charge in [0.25, 0.3) is 0 Å². The van der Waals surface area contributed by atoms with Crippen LogP contribution in [0.3, 0.4) is 0 Å². The molecule has 1 saturated heterocycles. The summed E-state index contributed by atoms with van der Waals surface area (Å²) < 4.78 is 5.32. The molecule has 1 N–H and O–H groups in total. The minimum Gasteiger partial charge on any atom is -0.481 e. The molecule has 18 heavy (non-hydrogen) atoms. The molecule has 5 nitrogen and oxygen atoms in total. The summed E-state index contributed by atoms with van der Waals surface area (Å²) in [6, 6.07) is -0.383. The summed E-state index contributed by atoms with van der Waals surface area (Å²) >= 11 is 0. The second kappa shape index (κ2) is 5.69. The van der Waals surface area contributed by atoms with Gasteiger partial charge in [-0.1, -0.05) is 0 Å². The van der Waals surface area contributed by atoms with Gasteiger partial charge in [0, 0.05) is 6.54 Å². The monoisotopic (exact) mass is 257 g/mol. The molecule has 1 fully saturated rings. The molecule has 2 unspecified atom stereocenters. The lowest BCUT2D eigenvalue weighted by Gasteiger charge is -2.35. The zero-order chi connectivity index (χ0) is 13.9. The van der Waals surface area contributed by atoms with Crippen molar-refractivity contribution in [3.63, 3.8) is 0 Å². The first kappa shape index (κ1) is 15.0. The Kier molecular flexibility index (Phi) is 4.73. The van der Waals surface area contributed by atoms with Gasteiger partial charge in [-0.05, 0) is 47.1 Å². The minimum atomic E-state index is -0.781. The second-order valence-electron chi connectivity index (χ2n) is 5.88. The fourth-order valence-electron chi connectivity index (χ4n) is 2.10. The van der Waals surface area contributed by atoms with Gasteiger partial charge in [0.2, 0.25) is 0 Å². The normalized spacial score (nSPS) is 23.4. The molecule has 5 heteroatoms. The molecule has 1 heterocycles. The number of likely N-dealkylation sites (tertiary alicyclic amines) is 1. The van der Waals surface area contributed by atoms with E-state index in [1.807, 2.05) is 25.7 Å². The highest BCUT2D eigenvalue weighted by Crippen LogP contribution is 2.20. The van der Waals surface area contributed by atoms with E-state index in [1.165, 1.54) is 0 Å². The number of carbonyl (C=O) groups excluding carboxylic acids is 1. The van der Waals surface area contributed by atoms with Gasteiger partial charge in [-0.3, -0.25) is 14.5 Å². The highest BCUT2D eigenvalue weighted by molar-refractivity contribution is 5.76. The van der Waals surface area contributed by atoms with Crippen LogP contribution in [0.2, 0.25) is 0 Å². The highest BCUT2D eigenvalue weighted by atomic mass is 16.6. The first-order chi connectivity index (χ1) is 8.20. The van der Waals surface area contributed by atoms with Crippen molar-refractivity contribution in [3.8, 4) is 0 Å². The zero-order valence-electron chi connectivity index (χ0n) is 11.6. The van der Waals surface area contributed by atoms with E-state index in [-0.39, 0.29) is 17.9 Å². The molecule has 0 aromatic heterocycles. The van der Waals surface area contributed by atoms with E-state index in [0.29, 0.717) is 13.0 Å². The molecule has 0 radical (unpaired) electrons. The highest BCUT2D eigenvalue weighted by Gasteiger charge is 2.32. The Bertz CT molecular complexity index is 321. The number of hydrogen-bond acceptors (Lipinski definition) is 4. The maximum Gasteiger partial charge on any atom is 0.323 e. The molecule has 0 aromatic carbocycles. The van der Waals surface area contributed by atoms with Crippen LogP contribution in [0.25, 0.3) is 0 Å². The number of nitrogens with zero attached hydrogens (tertiary/aromatic N) is 1. The van der Waals surface area contributed by atoms with Crippen LogP contribution in [-0.4, -0.2) is 46.7 Å². The molecule has 1 rings (SSSR count). The van der Waals surface area contributed by atoms with Crippen molar-refractivity contribution in [2.45, 2.75) is 52.2 Å². The SMILES string of the molecule is CC(C(=O)OC(C)(C)C)N1CCCC(C(=O)O)C1. The van der Waals surface area contributed by atoms with Crippen molar-refractivity contribution in [2.24, 2.45) is 5.92 Å². The topological polar surface area (TPSA) is 66.8 Å². The van der Waals surface area contributed by atoms with Crippen molar-refractivity contribution in [1.29, 1.82) is 0 Å². The van der Waals surface area contributed by atoms with E-state index in [1.54, 1.807) is 6.92 Å². The van der Waals surface area contributed by atoms with E-state index < -0.39 is 11.6 Å². The van der Waals surface area contributed by atoms with Gasteiger partial charge in [-0.15, -0.1) is 0 Å². The first-order valence-electron chi connectivity index (χ1n) is 6.40. The fraction of sp³-hybridized carbons (Fsp3) is 0.846. The number of piperidine rings is 1. The zero-order valence-corrected chi connectivity index (χ0v) is 11.6. The van der Waals surface area contributed by atoms with Crippen LogP contribution >= 0.6 is 0 Å². The average Bonchev–Trinajstić information content (AvgIpc) is 2.26. The third-order valence-corrected chi connectivity index (χ3v) is 3.10. The van der Waals surface area contributed by atoms with Crippen LogP contribution in [0.4, 0.5) is 0 Å². The predicted molar refractivity (Wildman–Crippen MR) is 67.2 cm³/mol. The van der Waals surface area contributed by atoms with Crippen molar-refractivity contribution in [2.75, 3.05) is 13.1 Å². The molecule has 0 aromatic rings. The molecule has 0 spiro atoms. The number of rotatable bonds is 3. The summed E-state index contributed by atoms with van der Waals surface area (Å²) in [5.41, 5.74) is -0.507. The maximum absolute atomic E-state index is 11.9. The molecule has 1 aliphatic heterocycles. The molecular formula is C13H23NO4. The lowest BCUT2D eigenvalue weighted by Crippen LogP contribution is -2.48. The van der Waals surface area contributed by atoms with Gasteiger partial charge in [0.1, 0.15) is 11.6 Å². The van der Waals surface area contributed by atoms with Gasteiger partial charge in [-0.2, -0.15) is 0 Å². The summed E-state index contributed by atoms with van der Waals surface area (Å²) in [4.78, 5) is 24.8. The van der Waals surface area contributed by atoms with Gasteiger partial charge in [-0.25, -0.2) is 0 Å². The Hall–Kier alpha value is -1.10. The minimum absolute atomic E-state index is 0.284. The number of carbonyl (C=O) groups is 2. The smallest absolute Gasteiger partial charge is 0.323 e. The van der Waals surface area contributed by atoms with Crippen LogP contribution in [-0.2, 0) is 14.3 Å². The Morgan fingerprint density at radius 1 is 1.39 bits per heavy atom. The quantitative estimate of drug-likeness (QED) is 0.776. The fourth-order valence-corrected chi connectivity index (χ4v) is 2.10. The second-order valence-corrected chi connectivity index (χ2v) is 5.88. The third-order valence-electron chi connectivity index (χ3n) is 3.10. The molecule has 104 valence electrons. The van der Waals surface area contributed by atoms with Crippen LogP contribution in [0.1, 0.15) is 40.5 Å². The van der Waals surface area contributed by atoms with Crippen LogP contribution in [0.15, 0.2) is 0 Å². The number of esters is 1. The van der Waals surface area contributed by atoms with Crippen LogP contribution in [0.5, 0.6) is 0 Å². The van der Waals surface area contributed by atoms with Crippen LogP contribution in [0, 0.1) is 5.92 Å². The number of carboxylic acids is 1. The predicted octanol–water partition coefficient (Wildman–Crippen LogP) is 1.51. The van der Waals surface area contributed by atoms with Crippen molar-refractivity contribution in [3.05, 3.63) is 0 Å². The molecule has 1 aliphatic rings. The van der Waals surface area contributed by atoms with Gasteiger partial charge < -0.3 is 9.84 Å².